The molecule has 0 spiro atoms. The first-order valence-electron chi connectivity index (χ1n) is 16.2. The summed E-state index contributed by atoms with van der Waals surface area (Å²) in [5, 5.41) is 7.64. The Labute approximate surface area is 281 Å². The second-order valence-electron chi connectivity index (χ2n) is 12.2. The Morgan fingerprint density at radius 2 is 1.15 bits per heavy atom. The average molecular weight is 630 g/mol. The van der Waals surface area contributed by atoms with Gasteiger partial charge in [-0.2, -0.15) is 0 Å². The van der Waals surface area contributed by atoms with E-state index in [2.05, 4.69) is 150 Å². The zero-order valence-electron chi connectivity index (χ0n) is 25.8. The second-order valence-corrected chi connectivity index (χ2v) is 13.3. The molecule has 4 heteroatoms. The third-order valence-corrected chi connectivity index (χ3v) is 10.6. The first kappa shape index (κ1) is 27.1. The van der Waals surface area contributed by atoms with Crippen molar-refractivity contribution in [3.05, 3.63) is 164 Å². The molecule has 224 valence electrons. The lowest BCUT2D eigenvalue weighted by Gasteiger charge is -2.11. The number of hydrogen-bond acceptors (Lipinski definition) is 3. The molecular formula is C44H27N3S. The van der Waals surface area contributed by atoms with E-state index in [9.17, 15) is 0 Å². The van der Waals surface area contributed by atoms with E-state index in [0.717, 1.165) is 50.5 Å². The highest BCUT2D eigenvalue weighted by Crippen LogP contribution is 2.42. The molecule has 48 heavy (non-hydrogen) atoms. The standard InChI is InChI=1S/C44H27N3S/c1-3-11-28(12-4-1)32-23-38(29-13-5-2-6-14-29)46-39(24-32)31-20-22-43(45-27-31)47-40-17-9-7-15-33(40)37-26-36-30(25-41(37)47)19-21-35-34-16-8-10-18-42(34)48-44(35)36/h1-27H. The van der Waals surface area contributed by atoms with Gasteiger partial charge in [0.15, 0.2) is 0 Å². The molecule has 0 bridgehead atoms. The molecule has 4 heterocycles. The van der Waals surface area contributed by atoms with Crippen LogP contribution in [0.4, 0.5) is 0 Å². The molecule has 0 aliphatic carbocycles. The molecule has 6 aromatic carbocycles. The largest absolute Gasteiger partial charge is 0.294 e. The summed E-state index contributed by atoms with van der Waals surface area (Å²) in [5.74, 6) is 0.884. The van der Waals surface area contributed by atoms with Gasteiger partial charge in [0.1, 0.15) is 5.82 Å². The SMILES string of the molecule is c1ccc(-c2cc(-c3ccccc3)nc(-c3ccc(-n4c5ccccc5c5cc6c(ccc7c8ccccc8sc67)cc54)nc3)c2)cc1. The van der Waals surface area contributed by atoms with E-state index in [0.29, 0.717) is 0 Å². The maximum atomic E-state index is 5.12. The Hall–Kier alpha value is -6.10. The maximum Gasteiger partial charge on any atom is 0.137 e. The lowest BCUT2D eigenvalue weighted by molar-refractivity contribution is 1.08. The summed E-state index contributed by atoms with van der Waals surface area (Å²) < 4.78 is 4.97. The van der Waals surface area contributed by atoms with Gasteiger partial charge in [0.05, 0.1) is 22.4 Å². The molecule has 0 saturated carbocycles. The van der Waals surface area contributed by atoms with Crippen LogP contribution < -0.4 is 0 Å². The van der Waals surface area contributed by atoms with Crippen molar-refractivity contribution in [2.75, 3.05) is 0 Å². The lowest BCUT2D eigenvalue weighted by Crippen LogP contribution is -1.98. The van der Waals surface area contributed by atoms with Crippen LogP contribution in [0, 0.1) is 0 Å². The van der Waals surface area contributed by atoms with Gasteiger partial charge in [-0.3, -0.25) is 4.57 Å². The number of para-hydroxylation sites is 1. The maximum absolute atomic E-state index is 5.12. The summed E-state index contributed by atoms with van der Waals surface area (Å²) in [7, 11) is 0. The molecule has 4 aromatic heterocycles. The average Bonchev–Trinajstić information content (AvgIpc) is 3.70. The van der Waals surface area contributed by atoms with E-state index in [-0.39, 0.29) is 0 Å². The highest BCUT2D eigenvalue weighted by molar-refractivity contribution is 7.26. The number of nitrogens with zero attached hydrogens (tertiary/aromatic N) is 3. The number of rotatable bonds is 4. The Balaban J connectivity index is 1.14. The van der Waals surface area contributed by atoms with Crippen molar-refractivity contribution in [2.45, 2.75) is 0 Å². The van der Waals surface area contributed by atoms with Crippen molar-refractivity contribution in [3.8, 4) is 39.5 Å². The molecular weight excluding hydrogens is 603 g/mol. The van der Waals surface area contributed by atoms with Crippen molar-refractivity contribution in [1.29, 1.82) is 0 Å². The summed E-state index contributed by atoms with van der Waals surface area (Å²) in [6.45, 7) is 0. The molecule has 0 unspecified atom stereocenters. The summed E-state index contributed by atoms with van der Waals surface area (Å²) in [4.78, 5) is 10.2. The van der Waals surface area contributed by atoms with Crippen LogP contribution >= 0.6 is 11.3 Å². The Morgan fingerprint density at radius 1 is 0.438 bits per heavy atom. The molecule has 0 N–H and O–H groups in total. The molecule has 0 fully saturated rings. The number of hydrogen-bond donors (Lipinski definition) is 0. The van der Waals surface area contributed by atoms with Crippen molar-refractivity contribution in [3.63, 3.8) is 0 Å². The molecule has 0 aliphatic rings. The molecule has 0 aliphatic heterocycles. The fourth-order valence-electron chi connectivity index (χ4n) is 7.12. The molecule has 0 amide bonds. The third kappa shape index (κ3) is 4.27. The predicted molar refractivity (Wildman–Crippen MR) is 203 cm³/mol. The smallest absolute Gasteiger partial charge is 0.137 e. The van der Waals surface area contributed by atoms with Gasteiger partial charge in [-0.15, -0.1) is 11.3 Å². The van der Waals surface area contributed by atoms with Crippen LogP contribution in [0.2, 0.25) is 0 Å². The van der Waals surface area contributed by atoms with Crippen LogP contribution in [-0.2, 0) is 0 Å². The van der Waals surface area contributed by atoms with Gasteiger partial charge < -0.3 is 0 Å². The number of benzene rings is 6. The number of aromatic nitrogens is 3. The summed E-state index contributed by atoms with van der Waals surface area (Å²) in [6, 6.07) is 56.1. The summed E-state index contributed by atoms with van der Waals surface area (Å²) >= 11 is 1.88. The van der Waals surface area contributed by atoms with E-state index >= 15 is 0 Å². The van der Waals surface area contributed by atoms with Gasteiger partial charge in [-0.05, 0) is 65.0 Å². The third-order valence-electron chi connectivity index (χ3n) is 9.43. The Morgan fingerprint density at radius 3 is 1.94 bits per heavy atom. The highest BCUT2D eigenvalue weighted by Gasteiger charge is 2.17. The number of thiophene rings is 1. The zero-order valence-corrected chi connectivity index (χ0v) is 26.7. The van der Waals surface area contributed by atoms with Crippen molar-refractivity contribution >= 4 is 64.1 Å². The lowest BCUT2D eigenvalue weighted by atomic mass is 10.0. The number of pyridine rings is 2. The molecule has 0 atom stereocenters. The summed E-state index contributed by atoms with van der Waals surface area (Å²) in [6.07, 6.45) is 1.96. The van der Waals surface area contributed by atoms with E-state index < -0.39 is 0 Å². The van der Waals surface area contributed by atoms with Gasteiger partial charge in [0, 0.05) is 53.7 Å². The Kier molecular flexibility index (Phi) is 6.05. The van der Waals surface area contributed by atoms with Crippen LogP contribution in [0.15, 0.2) is 164 Å². The van der Waals surface area contributed by atoms with Crippen LogP contribution in [0.5, 0.6) is 0 Å². The van der Waals surface area contributed by atoms with Crippen molar-refractivity contribution in [1.82, 2.24) is 14.5 Å². The zero-order chi connectivity index (χ0) is 31.6. The van der Waals surface area contributed by atoms with Crippen LogP contribution in [0.1, 0.15) is 0 Å². The first-order valence-corrected chi connectivity index (χ1v) is 17.0. The van der Waals surface area contributed by atoms with Crippen LogP contribution in [-0.4, -0.2) is 14.5 Å². The first-order chi connectivity index (χ1) is 23.8. The molecule has 3 nitrogen and oxygen atoms in total. The van der Waals surface area contributed by atoms with Crippen LogP contribution in [0.25, 0.3) is 92.2 Å². The highest BCUT2D eigenvalue weighted by atomic mass is 32.1. The normalized spacial score (nSPS) is 11.8. The number of fused-ring (bicyclic) bond motifs is 8. The monoisotopic (exact) mass is 629 g/mol. The minimum atomic E-state index is 0.884. The van der Waals surface area contributed by atoms with Crippen molar-refractivity contribution in [2.24, 2.45) is 0 Å². The van der Waals surface area contributed by atoms with Gasteiger partial charge in [0.25, 0.3) is 0 Å². The van der Waals surface area contributed by atoms with E-state index in [4.69, 9.17) is 9.97 Å². The minimum Gasteiger partial charge on any atom is -0.294 e. The molecule has 10 aromatic rings. The topological polar surface area (TPSA) is 30.7 Å². The van der Waals surface area contributed by atoms with E-state index in [1.165, 1.54) is 41.7 Å². The Bertz CT molecular complexity index is 2760. The molecule has 0 radical (unpaired) electrons. The van der Waals surface area contributed by atoms with Crippen molar-refractivity contribution < 1.29 is 0 Å². The fourth-order valence-corrected chi connectivity index (χ4v) is 8.35. The molecule has 0 saturated heterocycles. The summed E-state index contributed by atoms with van der Waals surface area (Å²) in [5.41, 5.74) is 8.50. The van der Waals surface area contributed by atoms with Gasteiger partial charge >= 0.3 is 0 Å². The predicted octanol–water partition coefficient (Wildman–Crippen LogP) is 12.1. The van der Waals surface area contributed by atoms with Gasteiger partial charge in [-0.1, -0.05) is 109 Å². The van der Waals surface area contributed by atoms with Gasteiger partial charge in [0.2, 0.25) is 0 Å². The minimum absolute atomic E-state index is 0.884. The van der Waals surface area contributed by atoms with E-state index in [1.54, 1.807) is 0 Å². The second kappa shape index (κ2) is 10.7. The fraction of sp³-hybridized carbons (Fsp3) is 0. The van der Waals surface area contributed by atoms with E-state index in [1.807, 2.05) is 29.7 Å². The van der Waals surface area contributed by atoms with Gasteiger partial charge in [-0.25, -0.2) is 9.97 Å². The quantitative estimate of drug-likeness (QED) is 0.194. The van der Waals surface area contributed by atoms with Crippen LogP contribution in [0.3, 0.4) is 0 Å². The molecule has 10 rings (SSSR count).